The highest BCUT2D eigenvalue weighted by atomic mass is 32.1. The van der Waals surface area contributed by atoms with Crippen LogP contribution in [0.3, 0.4) is 0 Å². The molecule has 0 aromatic carbocycles. The van der Waals surface area contributed by atoms with Crippen molar-refractivity contribution >= 4 is 33.7 Å². The third kappa shape index (κ3) is 2.80. The third-order valence-electron chi connectivity index (χ3n) is 2.85. The summed E-state index contributed by atoms with van der Waals surface area (Å²) in [6, 6.07) is 5.74. The van der Waals surface area contributed by atoms with Gasteiger partial charge in [0.05, 0.1) is 22.2 Å². The van der Waals surface area contributed by atoms with Crippen LogP contribution >= 0.6 is 11.3 Å². The van der Waals surface area contributed by atoms with E-state index in [2.05, 4.69) is 11.9 Å². The van der Waals surface area contributed by atoms with Crippen LogP contribution in [0.4, 0.5) is 5.69 Å². The molecule has 0 bridgehead atoms. The zero-order chi connectivity index (χ0) is 14.5. The number of nitrogens with zero attached hydrogens (tertiary/aromatic N) is 1. The summed E-state index contributed by atoms with van der Waals surface area (Å²) in [6.07, 6.45) is 4.26. The molecule has 3 heterocycles. The van der Waals surface area contributed by atoms with Gasteiger partial charge in [-0.25, -0.2) is 0 Å². The molecule has 3 N–H and O–H groups in total. The number of hydrogen-bond donors (Lipinski definition) is 2. The Morgan fingerprint density at radius 3 is 2.85 bits per heavy atom. The van der Waals surface area contributed by atoms with Gasteiger partial charge in [-0.3, -0.25) is 9.78 Å². The fourth-order valence-corrected chi connectivity index (χ4v) is 3.11. The number of thiophene rings is 1. The number of pyridine rings is 1. The van der Waals surface area contributed by atoms with E-state index < -0.39 is 0 Å². The first kappa shape index (κ1) is 14.1. The van der Waals surface area contributed by atoms with Gasteiger partial charge in [0.1, 0.15) is 5.76 Å². The number of carbonyl (C=O) groups is 1. The number of nitrogen functional groups attached to an aromatic ring is 1. The second-order valence-electron chi connectivity index (χ2n) is 4.09. The minimum Gasteiger partial charge on any atom is -0.483 e. The SMILES string of the molecule is Cc1c(Cc2ccco2)sc2c(N)ccnc12.O=CO. The van der Waals surface area contributed by atoms with Gasteiger partial charge < -0.3 is 15.3 Å². The zero-order valence-electron chi connectivity index (χ0n) is 10.9. The lowest BCUT2D eigenvalue weighted by Crippen LogP contribution is -1.86. The van der Waals surface area contributed by atoms with Crippen molar-refractivity contribution in [1.29, 1.82) is 0 Å². The Bertz CT molecular complexity index is 705. The van der Waals surface area contributed by atoms with Crippen LogP contribution in [0.2, 0.25) is 0 Å². The summed E-state index contributed by atoms with van der Waals surface area (Å²) >= 11 is 1.70. The molecule has 0 radical (unpaired) electrons. The van der Waals surface area contributed by atoms with Crippen molar-refractivity contribution in [3.05, 3.63) is 46.9 Å². The first-order valence-corrected chi connectivity index (χ1v) is 6.71. The van der Waals surface area contributed by atoms with Crippen LogP contribution in [-0.2, 0) is 11.2 Å². The van der Waals surface area contributed by atoms with Gasteiger partial charge in [0, 0.05) is 17.5 Å². The molecular weight excluding hydrogens is 276 g/mol. The number of fused-ring (bicyclic) bond motifs is 1. The molecule has 3 aromatic heterocycles. The largest absolute Gasteiger partial charge is 0.483 e. The molecule has 0 aliphatic carbocycles. The molecule has 0 saturated heterocycles. The minimum atomic E-state index is -0.250. The smallest absolute Gasteiger partial charge is 0.290 e. The zero-order valence-corrected chi connectivity index (χ0v) is 11.7. The molecule has 0 aliphatic rings. The summed E-state index contributed by atoms with van der Waals surface area (Å²) in [5, 5.41) is 6.89. The number of rotatable bonds is 2. The van der Waals surface area contributed by atoms with Gasteiger partial charge >= 0.3 is 0 Å². The molecule has 0 saturated carbocycles. The Kier molecular flexibility index (Phi) is 4.37. The predicted molar refractivity (Wildman–Crippen MR) is 79.0 cm³/mol. The Labute approximate surface area is 119 Å². The molecule has 6 heteroatoms. The lowest BCUT2D eigenvalue weighted by Gasteiger charge is -1.95. The fourth-order valence-electron chi connectivity index (χ4n) is 1.91. The predicted octanol–water partition coefficient (Wildman–Crippen LogP) is 3.07. The number of carboxylic acid groups (broad SMARTS) is 1. The maximum Gasteiger partial charge on any atom is 0.290 e. The highest BCUT2D eigenvalue weighted by Crippen LogP contribution is 2.34. The first-order chi connectivity index (χ1) is 9.67. The molecular formula is C14H14N2O3S. The second-order valence-corrected chi connectivity index (χ2v) is 5.19. The van der Waals surface area contributed by atoms with Gasteiger partial charge in [0.15, 0.2) is 0 Å². The third-order valence-corrected chi connectivity index (χ3v) is 4.18. The van der Waals surface area contributed by atoms with E-state index in [1.165, 1.54) is 10.4 Å². The van der Waals surface area contributed by atoms with Crippen molar-refractivity contribution in [2.75, 3.05) is 5.73 Å². The molecule has 20 heavy (non-hydrogen) atoms. The Hall–Kier alpha value is -2.34. The molecule has 3 aromatic rings. The fraction of sp³-hybridized carbons (Fsp3) is 0.143. The van der Waals surface area contributed by atoms with Gasteiger partial charge in [0.25, 0.3) is 6.47 Å². The highest BCUT2D eigenvalue weighted by Gasteiger charge is 2.12. The molecule has 104 valence electrons. The molecule has 3 rings (SSSR count). The van der Waals surface area contributed by atoms with Crippen molar-refractivity contribution < 1.29 is 14.3 Å². The number of furan rings is 1. The summed E-state index contributed by atoms with van der Waals surface area (Å²) < 4.78 is 6.45. The molecule has 0 fully saturated rings. The standard InChI is InChI=1S/C13H12N2OS.CH2O2/c1-8-11(7-9-3-2-6-16-9)17-13-10(14)4-5-15-12(8)13;2-1-3/h2-6H,7H2,1H3,(H2,14,15);1H,(H,2,3). The van der Waals surface area contributed by atoms with Gasteiger partial charge in [-0.05, 0) is 30.7 Å². The molecule has 5 nitrogen and oxygen atoms in total. The van der Waals surface area contributed by atoms with E-state index in [1.54, 1.807) is 23.8 Å². The number of nitrogens with two attached hydrogens (primary N) is 1. The van der Waals surface area contributed by atoms with E-state index in [4.69, 9.17) is 20.1 Å². The minimum absolute atomic E-state index is 0.250. The average Bonchev–Trinajstić information content (AvgIpc) is 3.03. The Morgan fingerprint density at radius 1 is 1.50 bits per heavy atom. The Balaban J connectivity index is 0.000000452. The summed E-state index contributed by atoms with van der Waals surface area (Å²) in [4.78, 5) is 14.0. The summed E-state index contributed by atoms with van der Waals surface area (Å²) in [5.41, 5.74) is 8.97. The van der Waals surface area contributed by atoms with Crippen LogP contribution in [0.5, 0.6) is 0 Å². The van der Waals surface area contributed by atoms with Crippen molar-refractivity contribution in [2.45, 2.75) is 13.3 Å². The van der Waals surface area contributed by atoms with Gasteiger partial charge in [-0.15, -0.1) is 11.3 Å². The van der Waals surface area contributed by atoms with Gasteiger partial charge in [-0.1, -0.05) is 0 Å². The van der Waals surface area contributed by atoms with Crippen molar-refractivity contribution in [3.63, 3.8) is 0 Å². The van der Waals surface area contributed by atoms with Crippen LogP contribution in [0.1, 0.15) is 16.2 Å². The first-order valence-electron chi connectivity index (χ1n) is 5.90. The number of aryl methyl sites for hydroxylation is 1. The van der Waals surface area contributed by atoms with E-state index in [0.717, 1.165) is 28.1 Å². The van der Waals surface area contributed by atoms with Crippen LogP contribution in [0.15, 0.2) is 35.1 Å². The van der Waals surface area contributed by atoms with Crippen LogP contribution in [0.25, 0.3) is 10.2 Å². The number of aromatic nitrogens is 1. The molecule has 0 aliphatic heterocycles. The molecule has 0 atom stereocenters. The lowest BCUT2D eigenvalue weighted by atomic mass is 10.2. The van der Waals surface area contributed by atoms with Gasteiger partial charge in [0.2, 0.25) is 0 Å². The summed E-state index contributed by atoms with van der Waals surface area (Å²) in [6.45, 7) is 1.84. The van der Waals surface area contributed by atoms with Crippen molar-refractivity contribution in [1.82, 2.24) is 4.98 Å². The number of anilines is 1. The van der Waals surface area contributed by atoms with Crippen LogP contribution < -0.4 is 5.73 Å². The van der Waals surface area contributed by atoms with Crippen molar-refractivity contribution in [2.24, 2.45) is 0 Å². The van der Waals surface area contributed by atoms with E-state index >= 15 is 0 Å². The maximum atomic E-state index is 8.36. The lowest BCUT2D eigenvalue weighted by molar-refractivity contribution is -0.122. The highest BCUT2D eigenvalue weighted by molar-refractivity contribution is 7.19. The average molecular weight is 290 g/mol. The van der Waals surface area contributed by atoms with E-state index in [1.807, 2.05) is 18.2 Å². The topological polar surface area (TPSA) is 89.4 Å². The second kappa shape index (κ2) is 6.21. The Morgan fingerprint density at radius 2 is 2.25 bits per heavy atom. The summed E-state index contributed by atoms with van der Waals surface area (Å²) in [5.74, 6) is 0.971. The van der Waals surface area contributed by atoms with E-state index in [-0.39, 0.29) is 6.47 Å². The van der Waals surface area contributed by atoms with Crippen molar-refractivity contribution in [3.8, 4) is 0 Å². The van der Waals surface area contributed by atoms with E-state index in [0.29, 0.717) is 0 Å². The summed E-state index contributed by atoms with van der Waals surface area (Å²) in [7, 11) is 0. The normalized spacial score (nSPS) is 10.1. The molecule has 0 amide bonds. The number of hydrogen-bond acceptors (Lipinski definition) is 5. The van der Waals surface area contributed by atoms with Crippen LogP contribution in [0, 0.1) is 6.92 Å². The quantitative estimate of drug-likeness (QED) is 0.708. The van der Waals surface area contributed by atoms with E-state index in [9.17, 15) is 0 Å². The van der Waals surface area contributed by atoms with Crippen LogP contribution in [-0.4, -0.2) is 16.6 Å². The maximum absolute atomic E-state index is 8.36. The molecule has 0 unspecified atom stereocenters. The monoisotopic (exact) mass is 290 g/mol. The molecule has 0 spiro atoms. The van der Waals surface area contributed by atoms with Gasteiger partial charge in [-0.2, -0.15) is 0 Å².